The Hall–Kier alpha value is -3.49. The van der Waals surface area contributed by atoms with E-state index in [0.717, 1.165) is 27.2 Å². The summed E-state index contributed by atoms with van der Waals surface area (Å²) in [6.07, 6.45) is -1.06. The van der Waals surface area contributed by atoms with Gasteiger partial charge in [-0.25, -0.2) is 4.79 Å². The molecule has 1 aliphatic carbocycles. The zero-order valence-corrected chi connectivity index (χ0v) is 18.9. The maximum absolute atomic E-state index is 14.5. The van der Waals surface area contributed by atoms with Crippen molar-refractivity contribution >= 4 is 18.0 Å². The molecule has 2 aromatic rings. The third-order valence-electron chi connectivity index (χ3n) is 6.99. The number of benzene rings is 2. The fourth-order valence-electron chi connectivity index (χ4n) is 4.72. The summed E-state index contributed by atoms with van der Waals surface area (Å²) < 4.78 is 34.3. The largest absolute Gasteiger partial charge is 0.481 e. The van der Waals surface area contributed by atoms with Crippen LogP contribution in [0.25, 0.3) is 11.1 Å². The second-order valence-electron chi connectivity index (χ2n) is 9.19. The number of hydrogen-bond donors (Lipinski definition) is 2. The molecule has 34 heavy (non-hydrogen) atoms. The minimum atomic E-state index is -3.89. The summed E-state index contributed by atoms with van der Waals surface area (Å²) in [4.78, 5) is 36.9. The summed E-state index contributed by atoms with van der Waals surface area (Å²) in [6, 6.07) is 15.5. The lowest BCUT2D eigenvalue weighted by molar-refractivity contribution is -0.157. The van der Waals surface area contributed by atoms with E-state index in [4.69, 9.17) is 4.74 Å². The zero-order valence-electron chi connectivity index (χ0n) is 18.9. The molecule has 0 saturated carbocycles. The van der Waals surface area contributed by atoms with Gasteiger partial charge in [0.1, 0.15) is 6.61 Å². The van der Waals surface area contributed by atoms with Crippen molar-refractivity contribution in [1.29, 1.82) is 0 Å². The number of carboxylic acids is 1. The molecule has 4 rings (SSSR count). The van der Waals surface area contributed by atoms with E-state index in [-0.39, 0.29) is 25.6 Å². The molecule has 7 nitrogen and oxygen atoms in total. The van der Waals surface area contributed by atoms with Gasteiger partial charge < -0.3 is 20.1 Å². The highest BCUT2D eigenvalue weighted by Gasteiger charge is 2.52. The van der Waals surface area contributed by atoms with Crippen molar-refractivity contribution in [2.24, 2.45) is 11.3 Å². The molecule has 2 amide bonds. The average Bonchev–Trinajstić information content (AvgIpc) is 3.30. The number of nitrogens with one attached hydrogen (secondary N) is 1. The molecule has 1 heterocycles. The molecule has 2 aromatic carbocycles. The van der Waals surface area contributed by atoms with E-state index in [1.807, 2.05) is 53.8 Å². The van der Waals surface area contributed by atoms with Gasteiger partial charge in [0.05, 0.1) is 12.0 Å². The summed E-state index contributed by atoms with van der Waals surface area (Å²) in [5, 5.41) is 11.4. The van der Waals surface area contributed by atoms with Crippen LogP contribution >= 0.6 is 0 Å². The fourth-order valence-corrected chi connectivity index (χ4v) is 4.72. The number of carboxylic acid groups (broad SMARTS) is 1. The summed E-state index contributed by atoms with van der Waals surface area (Å²) in [6.45, 7) is 1.34. The van der Waals surface area contributed by atoms with Crippen molar-refractivity contribution < 1.29 is 33.0 Å². The predicted octanol–water partition coefficient (Wildman–Crippen LogP) is 3.73. The van der Waals surface area contributed by atoms with Gasteiger partial charge in [-0.15, -0.1) is 0 Å². The Labute approximate surface area is 195 Å². The molecule has 2 aliphatic rings. The van der Waals surface area contributed by atoms with Crippen LogP contribution in [0.15, 0.2) is 48.5 Å². The molecule has 0 spiro atoms. The minimum Gasteiger partial charge on any atom is -0.481 e. The number of likely N-dealkylation sites (tertiary alicyclic amines) is 1. The Balaban J connectivity index is 1.35. The third-order valence-corrected chi connectivity index (χ3v) is 6.99. The van der Waals surface area contributed by atoms with Crippen molar-refractivity contribution in [1.82, 2.24) is 10.2 Å². The van der Waals surface area contributed by atoms with Gasteiger partial charge in [0.25, 0.3) is 5.91 Å². The number of ether oxygens (including phenoxy) is 1. The smallest absolute Gasteiger partial charge is 0.407 e. The molecular formula is C25H26F2N2O5. The van der Waals surface area contributed by atoms with Crippen molar-refractivity contribution in [3.63, 3.8) is 0 Å². The zero-order chi connectivity index (χ0) is 24.7. The highest BCUT2D eigenvalue weighted by molar-refractivity contribution is 5.86. The molecule has 1 saturated heterocycles. The third kappa shape index (κ3) is 4.10. The number of halogens is 2. The molecule has 0 bridgehead atoms. The number of rotatable bonds is 6. The first-order chi connectivity index (χ1) is 16.0. The van der Waals surface area contributed by atoms with Crippen molar-refractivity contribution in [2.45, 2.75) is 25.7 Å². The van der Waals surface area contributed by atoms with Crippen LogP contribution in [0.5, 0.6) is 0 Å². The molecule has 0 radical (unpaired) electrons. The van der Waals surface area contributed by atoms with Gasteiger partial charge in [-0.2, -0.15) is 8.78 Å². The standard InChI is InChI=1S/C25H26F2N2O5/c1-15-11-29(14-24(15,2)22(31)32)21(30)25(26,27)13-28-23(33)34-12-20-18-9-5-3-7-16(18)17-8-4-6-10-19(17)20/h3-10,15,20H,11-14H2,1-2H3,(H,28,33)(H,31,32). The second-order valence-corrected chi connectivity index (χ2v) is 9.19. The highest BCUT2D eigenvalue weighted by Crippen LogP contribution is 2.44. The molecule has 2 atom stereocenters. The van der Waals surface area contributed by atoms with Crippen molar-refractivity contribution in [3.05, 3.63) is 59.7 Å². The number of fused-ring (bicyclic) bond motifs is 3. The first kappa shape index (κ1) is 23.7. The van der Waals surface area contributed by atoms with Gasteiger partial charge in [0.2, 0.25) is 0 Å². The van der Waals surface area contributed by atoms with E-state index < -0.39 is 41.8 Å². The Kier molecular flexibility index (Phi) is 6.05. The molecule has 1 fully saturated rings. The Bertz CT molecular complexity index is 1090. The monoisotopic (exact) mass is 472 g/mol. The van der Waals surface area contributed by atoms with E-state index in [9.17, 15) is 28.3 Å². The number of carbonyl (C=O) groups excluding carboxylic acids is 2. The van der Waals surface area contributed by atoms with Gasteiger partial charge in [0, 0.05) is 19.0 Å². The summed E-state index contributed by atoms with van der Waals surface area (Å²) in [5.41, 5.74) is 2.75. The summed E-state index contributed by atoms with van der Waals surface area (Å²) in [7, 11) is 0. The van der Waals surface area contributed by atoms with Crippen LogP contribution in [0.1, 0.15) is 30.9 Å². The number of aliphatic carboxylic acids is 1. The summed E-state index contributed by atoms with van der Waals surface area (Å²) >= 11 is 0. The lowest BCUT2D eigenvalue weighted by Gasteiger charge is -2.25. The topological polar surface area (TPSA) is 95.9 Å². The van der Waals surface area contributed by atoms with E-state index in [1.54, 1.807) is 6.92 Å². The molecule has 0 aromatic heterocycles. The first-order valence-corrected chi connectivity index (χ1v) is 11.0. The SMILES string of the molecule is CC1CN(C(=O)C(F)(F)CNC(=O)OCC2c3ccccc3-c3ccccc32)CC1(C)C(=O)O. The molecule has 180 valence electrons. The van der Waals surface area contributed by atoms with Crippen LogP contribution in [0, 0.1) is 11.3 Å². The summed E-state index contributed by atoms with van der Waals surface area (Å²) in [5.74, 6) is -7.26. The normalized spacial score (nSPS) is 21.6. The number of hydrogen-bond acceptors (Lipinski definition) is 4. The van der Waals surface area contributed by atoms with E-state index in [1.165, 1.54) is 6.92 Å². The number of alkyl halides is 2. The molecule has 2 N–H and O–H groups in total. The minimum absolute atomic E-state index is 0.0417. The van der Waals surface area contributed by atoms with Gasteiger partial charge in [-0.05, 0) is 35.1 Å². The van der Waals surface area contributed by atoms with Gasteiger partial charge >= 0.3 is 18.0 Å². The molecule has 2 unspecified atom stereocenters. The van der Waals surface area contributed by atoms with Gasteiger partial charge in [-0.3, -0.25) is 9.59 Å². The van der Waals surface area contributed by atoms with Gasteiger partial charge in [-0.1, -0.05) is 55.5 Å². The Morgan fingerprint density at radius 1 is 1.12 bits per heavy atom. The van der Waals surface area contributed by atoms with Crippen LogP contribution in [-0.2, 0) is 14.3 Å². The maximum Gasteiger partial charge on any atom is 0.407 e. The quantitative estimate of drug-likeness (QED) is 0.668. The van der Waals surface area contributed by atoms with Gasteiger partial charge in [0.15, 0.2) is 0 Å². The first-order valence-electron chi connectivity index (χ1n) is 11.0. The van der Waals surface area contributed by atoms with Crippen LogP contribution in [0.4, 0.5) is 13.6 Å². The lowest BCUT2D eigenvalue weighted by Crippen LogP contribution is -2.50. The molecular weight excluding hydrogens is 446 g/mol. The molecule has 9 heteroatoms. The predicted molar refractivity (Wildman–Crippen MR) is 120 cm³/mol. The van der Waals surface area contributed by atoms with Crippen molar-refractivity contribution in [2.75, 3.05) is 26.2 Å². The van der Waals surface area contributed by atoms with Crippen LogP contribution < -0.4 is 5.32 Å². The lowest BCUT2D eigenvalue weighted by atomic mass is 9.81. The number of amides is 2. The number of nitrogens with zero attached hydrogens (tertiary/aromatic N) is 1. The van der Waals surface area contributed by atoms with E-state index in [0.29, 0.717) is 0 Å². The van der Waals surface area contributed by atoms with Crippen LogP contribution in [0.3, 0.4) is 0 Å². The van der Waals surface area contributed by atoms with E-state index >= 15 is 0 Å². The molecule has 1 aliphatic heterocycles. The number of alkyl carbamates (subject to hydrolysis) is 1. The fraction of sp³-hybridized carbons (Fsp3) is 0.400. The number of carbonyl (C=O) groups is 3. The Morgan fingerprint density at radius 3 is 2.21 bits per heavy atom. The maximum atomic E-state index is 14.5. The average molecular weight is 472 g/mol. The second kappa shape index (κ2) is 8.70. The van der Waals surface area contributed by atoms with E-state index in [2.05, 4.69) is 0 Å². The Morgan fingerprint density at radius 2 is 1.68 bits per heavy atom. The highest BCUT2D eigenvalue weighted by atomic mass is 19.3. The van der Waals surface area contributed by atoms with Crippen LogP contribution in [-0.4, -0.2) is 60.1 Å². The van der Waals surface area contributed by atoms with Crippen LogP contribution in [0.2, 0.25) is 0 Å². The van der Waals surface area contributed by atoms with Crippen molar-refractivity contribution in [3.8, 4) is 11.1 Å².